The van der Waals surface area contributed by atoms with Crippen molar-refractivity contribution in [2.24, 2.45) is 5.41 Å². The van der Waals surface area contributed by atoms with Crippen molar-refractivity contribution in [1.29, 1.82) is 0 Å². The zero-order valence-electron chi connectivity index (χ0n) is 26.9. The van der Waals surface area contributed by atoms with Crippen molar-refractivity contribution in [3.05, 3.63) is 87.8 Å². The minimum atomic E-state index is -3.45. The van der Waals surface area contributed by atoms with Gasteiger partial charge in [-0.25, -0.2) is 4.39 Å². The van der Waals surface area contributed by atoms with Crippen LogP contribution in [0.4, 0.5) is 24.5 Å². The minimum Gasteiger partial charge on any atom is -0.493 e. The Kier molecular flexibility index (Phi) is 10.5. The average Bonchev–Trinajstić information content (AvgIpc) is 3.50. The number of hydrogen-bond donors (Lipinski definition) is 1. The Morgan fingerprint density at radius 2 is 1.77 bits per heavy atom. The molecule has 1 aliphatic rings. The topological polar surface area (TPSA) is 97.0 Å². The number of ether oxygens (including phenoxy) is 1. The highest BCUT2D eigenvalue weighted by molar-refractivity contribution is 6.20. The van der Waals surface area contributed by atoms with Gasteiger partial charge in [-0.2, -0.15) is 8.78 Å². The molecule has 0 saturated heterocycles. The molecule has 47 heavy (non-hydrogen) atoms. The van der Waals surface area contributed by atoms with Gasteiger partial charge in [0.2, 0.25) is 11.8 Å². The monoisotopic (exact) mass is 674 g/mol. The number of fused-ring (bicyclic) bond motifs is 2. The summed E-state index contributed by atoms with van der Waals surface area (Å²) in [4.78, 5) is 41.8. The molecule has 0 unspecified atom stereocenters. The van der Waals surface area contributed by atoms with E-state index in [0.29, 0.717) is 29.1 Å². The maximum atomic E-state index is 15.3. The molecule has 4 aromatic rings. The summed E-state index contributed by atoms with van der Waals surface area (Å²) in [6, 6.07) is 7.06. The van der Waals surface area contributed by atoms with Gasteiger partial charge in [0, 0.05) is 49.9 Å². The number of nitrogens with one attached hydrogen (secondary N) is 1. The summed E-state index contributed by atoms with van der Waals surface area (Å²) < 4.78 is 57.8. The highest BCUT2D eigenvalue weighted by atomic mass is 35.5. The second-order valence-corrected chi connectivity index (χ2v) is 11.9. The molecule has 9 nitrogen and oxygen atoms in total. The predicted molar refractivity (Wildman–Crippen MR) is 176 cm³/mol. The maximum absolute atomic E-state index is 15.3. The zero-order valence-corrected chi connectivity index (χ0v) is 27.7. The van der Waals surface area contributed by atoms with Gasteiger partial charge in [0.15, 0.2) is 5.58 Å². The Morgan fingerprint density at radius 1 is 1.02 bits per heavy atom. The van der Waals surface area contributed by atoms with Crippen LogP contribution < -0.4 is 25.4 Å². The highest BCUT2D eigenvalue weighted by Crippen LogP contribution is 2.40. The van der Waals surface area contributed by atoms with Crippen LogP contribution in [0, 0.1) is 18.2 Å². The lowest BCUT2D eigenvalue weighted by Crippen LogP contribution is -2.47. The summed E-state index contributed by atoms with van der Waals surface area (Å²) in [5, 5.41) is 2.89. The number of halogens is 4. The third-order valence-corrected chi connectivity index (χ3v) is 8.54. The average molecular weight is 675 g/mol. The van der Waals surface area contributed by atoms with Crippen LogP contribution in [0.2, 0.25) is 0 Å². The summed E-state index contributed by atoms with van der Waals surface area (Å²) in [5.74, 6) is -0.836. The van der Waals surface area contributed by atoms with Crippen LogP contribution in [0.15, 0.2) is 64.1 Å². The third-order valence-electron chi connectivity index (χ3n) is 8.54. The molecule has 0 radical (unpaired) electrons. The smallest absolute Gasteiger partial charge is 0.329 e. The standard InChI is InChI=1S/C34H37F3N4O5.ClH/c1-6-41-27-11-8-23(20-28(27)39(5)31(43)33(3,4)32(41)44)45-18-7-15-38-34(36,37)25-9-10-26(35)24(21(25)2)13-17-40-16-12-22-14-19-46-29(22)30(40)42;/h8-12,14,16,19-20,38H,6-7,13,15,17-18H2,1-5H3;1H. The molecule has 5 rings (SSSR count). The normalized spacial score (nSPS) is 14.6. The Labute approximate surface area is 276 Å². The number of benzene rings is 2. The molecule has 0 fully saturated rings. The number of nitrogens with zero attached hydrogens (tertiary/aromatic N) is 3. The molecule has 0 spiro atoms. The van der Waals surface area contributed by atoms with E-state index in [1.165, 1.54) is 22.7 Å². The highest BCUT2D eigenvalue weighted by Gasteiger charge is 2.45. The molecular weight excluding hydrogens is 637 g/mol. The van der Waals surface area contributed by atoms with Gasteiger partial charge in [-0.1, -0.05) is 0 Å². The molecule has 0 saturated carbocycles. The lowest BCUT2D eigenvalue weighted by atomic mass is 9.90. The first kappa shape index (κ1) is 35.6. The van der Waals surface area contributed by atoms with Crippen LogP contribution in [-0.4, -0.2) is 43.1 Å². The lowest BCUT2D eigenvalue weighted by molar-refractivity contribution is -0.137. The maximum Gasteiger partial charge on any atom is 0.329 e. The van der Waals surface area contributed by atoms with Crippen LogP contribution in [0.3, 0.4) is 0 Å². The molecule has 0 bridgehead atoms. The van der Waals surface area contributed by atoms with E-state index in [-0.39, 0.29) is 84.6 Å². The van der Waals surface area contributed by atoms with Crippen LogP contribution in [0.1, 0.15) is 43.9 Å². The van der Waals surface area contributed by atoms with Gasteiger partial charge in [-0.05, 0) is 88.1 Å². The Bertz CT molecular complexity index is 1860. The van der Waals surface area contributed by atoms with Crippen molar-refractivity contribution in [1.82, 2.24) is 9.88 Å². The number of aryl methyl sites for hydroxylation is 1. The summed E-state index contributed by atoms with van der Waals surface area (Å²) in [5.41, 5.74) is -0.473. The number of furan rings is 1. The second kappa shape index (κ2) is 13.8. The summed E-state index contributed by atoms with van der Waals surface area (Å²) in [7, 11) is 1.60. The fourth-order valence-electron chi connectivity index (χ4n) is 5.85. The third kappa shape index (κ3) is 6.75. The van der Waals surface area contributed by atoms with Crippen molar-refractivity contribution in [2.45, 2.75) is 53.1 Å². The summed E-state index contributed by atoms with van der Waals surface area (Å²) in [6.07, 6.45) is 3.23. The number of alkyl halides is 2. The predicted octanol–water partition coefficient (Wildman–Crippen LogP) is 6.17. The van der Waals surface area contributed by atoms with Crippen molar-refractivity contribution in [2.75, 3.05) is 36.5 Å². The molecule has 2 aromatic carbocycles. The van der Waals surface area contributed by atoms with Crippen LogP contribution in [-0.2, 0) is 28.6 Å². The Balaban J connectivity index is 0.00000500. The number of anilines is 2. The van der Waals surface area contributed by atoms with E-state index < -0.39 is 17.3 Å². The fraction of sp³-hybridized carbons (Fsp3) is 0.382. The first-order valence-corrected chi connectivity index (χ1v) is 15.1. The Morgan fingerprint density at radius 3 is 2.49 bits per heavy atom. The molecule has 252 valence electrons. The van der Waals surface area contributed by atoms with Gasteiger partial charge in [0.05, 0.1) is 24.2 Å². The molecule has 1 aliphatic heterocycles. The van der Waals surface area contributed by atoms with Crippen molar-refractivity contribution < 1.29 is 31.9 Å². The van der Waals surface area contributed by atoms with E-state index in [1.54, 1.807) is 62.3 Å². The lowest BCUT2D eigenvalue weighted by Gasteiger charge is -2.27. The van der Waals surface area contributed by atoms with Gasteiger partial charge < -0.3 is 23.5 Å². The molecule has 0 atom stereocenters. The van der Waals surface area contributed by atoms with Gasteiger partial charge in [0.1, 0.15) is 17.0 Å². The van der Waals surface area contributed by atoms with Crippen LogP contribution in [0.5, 0.6) is 5.75 Å². The molecule has 1 N–H and O–H groups in total. The molecule has 0 aliphatic carbocycles. The summed E-state index contributed by atoms with van der Waals surface area (Å²) >= 11 is 0. The largest absolute Gasteiger partial charge is 0.493 e. The van der Waals surface area contributed by atoms with Crippen molar-refractivity contribution >= 4 is 46.6 Å². The second-order valence-electron chi connectivity index (χ2n) is 11.9. The first-order valence-electron chi connectivity index (χ1n) is 15.1. The number of hydrogen-bond acceptors (Lipinski definition) is 6. The van der Waals surface area contributed by atoms with E-state index in [1.807, 2.05) is 6.92 Å². The number of carbonyl (C=O) groups is 2. The van der Waals surface area contributed by atoms with Crippen molar-refractivity contribution in [3.8, 4) is 5.75 Å². The van der Waals surface area contributed by atoms with E-state index in [4.69, 9.17) is 9.15 Å². The Hall–Kier alpha value is -4.29. The quantitative estimate of drug-likeness (QED) is 0.116. The van der Waals surface area contributed by atoms with Crippen LogP contribution >= 0.6 is 12.4 Å². The number of rotatable bonds is 11. The van der Waals surface area contributed by atoms with E-state index in [9.17, 15) is 18.8 Å². The number of amides is 2. The van der Waals surface area contributed by atoms with Crippen LogP contribution in [0.25, 0.3) is 11.0 Å². The van der Waals surface area contributed by atoms with Crippen molar-refractivity contribution in [3.63, 3.8) is 0 Å². The molecule has 13 heteroatoms. The van der Waals surface area contributed by atoms with E-state index in [0.717, 1.165) is 12.1 Å². The molecule has 2 aromatic heterocycles. The first-order chi connectivity index (χ1) is 21.8. The zero-order chi connectivity index (χ0) is 33.4. The fourth-order valence-corrected chi connectivity index (χ4v) is 5.85. The molecular formula is C34H38ClF3N4O5. The number of aromatic nitrogens is 1. The van der Waals surface area contributed by atoms with Gasteiger partial charge in [0.25, 0.3) is 5.56 Å². The van der Waals surface area contributed by atoms with Gasteiger partial charge >= 0.3 is 6.05 Å². The van der Waals surface area contributed by atoms with Gasteiger partial charge in [-0.3, -0.25) is 19.7 Å². The van der Waals surface area contributed by atoms with E-state index >= 15 is 8.78 Å². The van der Waals surface area contributed by atoms with E-state index in [2.05, 4.69) is 5.32 Å². The molecule has 2 amide bonds. The summed E-state index contributed by atoms with van der Waals surface area (Å²) in [6.45, 7) is 6.94. The minimum absolute atomic E-state index is 0. The van der Waals surface area contributed by atoms with Gasteiger partial charge in [-0.15, -0.1) is 12.4 Å². The number of pyridine rings is 1. The SMILES string of the molecule is CCN1C(=O)C(C)(C)C(=O)N(C)c2cc(OCCCNC(F)(F)c3ccc(F)c(CCn4ccc5ccoc5c4=O)c3C)ccc21.Cl. The number of carbonyl (C=O) groups excluding carboxylic acids is 2. The molecule has 3 heterocycles.